The number of unbranched alkanes of at least 4 members (excludes halogenated alkanes) is 9. The third-order valence-electron chi connectivity index (χ3n) is 9.99. The predicted molar refractivity (Wildman–Crippen MR) is 178 cm³/mol. The van der Waals surface area contributed by atoms with E-state index in [4.69, 9.17) is 9.47 Å². The summed E-state index contributed by atoms with van der Waals surface area (Å²) in [4.78, 5) is 27.9. The molecule has 0 saturated carbocycles. The molecular formula is C38H55NO7. The molecule has 8 nitrogen and oxygen atoms in total. The van der Waals surface area contributed by atoms with Gasteiger partial charge < -0.3 is 30.1 Å². The maximum absolute atomic E-state index is 14.4. The number of carboxylic acids is 1. The number of aliphatic carboxylic acids is 1. The molecule has 0 fully saturated rings. The maximum atomic E-state index is 14.4. The van der Waals surface area contributed by atoms with Crippen LogP contribution < -0.4 is 5.32 Å². The Balaban J connectivity index is 1.67. The average molecular weight is 638 g/mol. The van der Waals surface area contributed by atoms with Crippen LogP contribution in [0.1, 0.15) is 120 Å². The van der Waals surface area contributed by atoms with Gasteiger partial charge in [0.1, 0.15) is 17.1 Å². The third-order valence-corrected chi connectivity index (χ3v) is 9.99. The van der Waals surface area contributed by atoms with Gasteiger partial charge in [0.25, 0.3) is 0 Å². The number of hydrogen-bond donors (Lipinski definition) is 4. The Labute approximate surface area is 274 Å². The van der Waals surface area contributed by atoms with E-state index in [1.165, 1.54) is 44.9 Å². The molecule has 0 aliphatic heterocycles. The molecule has 8 heteroatoms. The first-order valence-electron chi connectivity index (χ1n) is 17.6. The number of ether oxygens (including phenoxy) is 2. The molecule has 4 N–H and O–H groups in total. The summed E-state index contributed by atoms with van der Waals surface area (Å²) in [6.07, 6.45) is 11.0. The van der Waals surface area contributed by atoms with Crippen LogP contribution in [0.15, 0.2) is 48.5 Å². The summed E-state index contributed by atoms with van der Waals surface area (Å²) in [7, 11) is 0. The summed E-state index contributed by atoms with van der Waals surface area (Å²) in [5.74, 6) is -4.14. The number of benzene rings is 2. The molecule has 0 saturated heterocycles. The summed E-state index contributed by atoms with van der Waals surface area (Å²) in [6.45, 7) is 6.17. The van der Waals surface area contributed by atoms with Crippen molar-refractivity contribution in [2.45, 2.75) is 121 Å². The van der Waals surface area contributed by atoms with Gasteiger partial charge in [0.05, 0.1) is 31.3 Å². The third kappa shape index (κ3) is 7.20. The summed E-state index contributed by atoms with van der Waals surface area (Å²) in [6, 6.07) is 14.8. The molecule has 4 unspecified atom stereocenters. The van der Waals surface area contributed by atoms with E-state index >= 15 is 0 Å². The predicted octanol–water partition coefficient (Wildman–Crippen LogP) is 6.43. The van der Waals surface area contributed by atoms with Crippen molar-refractivity contribution < 1.29 is 34.4 Å². The second kappa shape index (κ2) is 16.9. The monoisotopic (exact) mass is 637 g/mol. The fourth-order valence-electron chi connectivity index (χ4n) is 7.46. The van der Waals surface area contributed by atoms with Gasteiger partial charge >= 0.3 is 5.97 Å². The number of hydrogen-bond acceptors (Lipinski definition) is 6. The van der Waals surface area contributed by atoms with Gasteiger partial charge in [0.2, 0.25) is 5.91 Å². The first-order valence-corrected chi connectivity index (χ1v) is 17.6. The van der Waals surface area contributed by atoms with Crippen LogP contribution in [0.3, 0.4) is 0 Å². The Bertz CT molecular complexity index is 1230. The molecule has 5 rings (SSSR count). The van der Waals surface area contributed by atoms with Gasteiger partial charge in [-0.2, -0.15) is 0 Å². The van der Waals surface area contributed by atoms with E-state index < -0.39 is 47.1 Å². The second-order valence-corrected chi connectivity index (χ2v) is 13.1. The van der Waals surface area contributed by atoms with Crippen molar-refractivity contribution in [3.63, 3.8) is 0 Å². The van der Waals surface area contributed by atoms with E-state index in [1.54, 1.807) is 0 Å². The molecular weight excluding hydrogens is 582 g/mol. The van der Waals surface area contributed by atoms with E-state index in [1.807, 2.05) is 62.4 Å². The molecule has 4 atom stereocenters. The Morgan fingerprint density at radius 3 is 1.46 bits per heavy atom. The second-order valence-electron chi connectivity index (χ2n) is 13.1. The fourth-order valence-corrected chi connectivity index (χ4v) is 7.46. The number of aliphatic hydroxyl groups excluding tert-OH is 2. The normalized spacial score (nSPS) is 24.2. The van der Waals surface area contributed by atoms with Crippen LogP contribution in [0, 0.1) is 11.8 Å². The Morgan fingerprint density at radius 1 is 0.674 bits per heavy atom. The summed E-state index contributed by atoms with van der Waals surface area (Å²) < 4.78 is 13.3. The molecule has 0 aromatic heterocycles. The minimum atomic E-state index is -1.54. The van der Waals surface area contributed by atoms with Crippen molar-refractivity contribution in [2.24, 2.45) is 11.8 Å². The summed E-state index contributed by atoms with van der Waals surface area (Å²) in [5.41, 5.74) is -0.492. The standard InChI is InChI=1S/C38H55NO7/c1-4-7-8-9-10-11-12-13-14-19-24-39-35(42)33-34(36(43)44)38(46-26-28(41)6-3)31-22-17-15-20-29(31)37(33,45-25-27(40)5-2)30-21-16-18-23-32(30)38/h15-18,20-23,27-28,33-34,40-41H,4-14,19,24-26H2,1-3H3,(H,39,42)(H,43,44). The van der Waals surface area contributed by atoms with Crippen LogP contribution in [-0.2, 0) is 30.3 Å². The number of carboxylic acid groups (broad SMARTS) is 1. The van der Waals surface area contributed by atoms with Gasteiger partial charge in [-0.05, 0) is 41.5 Å². The quantitative estimate of drug-likeness (QED) is 0.116. The van der Waals surface area contributed by atoms with E-state index in [-0.39, 0.29) is 13.2 Å². The van der Waals surface area contributed by atoms with Gasteiger partial charge in [-0.3, -0.25) is 9.59 Å². The van der Waals surface area contributed by atoms with Crippen molar-refractivity contribution >= 4 is 11.9 Å². The largest absolute Gasteiger partial charge is 0.481 e. The van der Waals surface area contributed by atoms with Crippen LogP contribution in [0.25, 0.3) is 0 Å². The first kappa shape index (κ1) is 36.1. The van der Waals surface area contributed by atoms with Gasteiger partial charge in [-0.15, -0.1) is 0 Å². The SMILES string of the molecule is CCCCCCCCCCCCNC(=O)C1C(C(=O)O)C2(OCC(O)CC)c3ccccc3C1(OCC(O)CC)c1ccccc12. The van der Waals surface area contributed by atoms with Gasteiger partial charge in [-0.25, -0.2) is 0 Å². The van der Waals surface area contributed by atoms with E-state index in [0.29, 0.717) is 41.6 Å². The highest BCUT2D eigenvalue weighted by molar-refractivity contribution is 5.91. The Hall–Kier alpha value is -2.78. The number of fused-ring (bicyclic) bond motifs is 1. The molecule has 2 aromatic rings. The van der Waals surface area contributed by atoms with Crippen LogP contribution >= 0.6 is 0 Å². The number of nitrogens with one attached hydrogen (secondary N) is 1. The Kier molecular flexibility index (Phi) is 13.2. The van der Waals surface area contributed by atoms with Crippen LogP contribution in [0.4, 0.5) is 0 Å². The molecule has 0 heterocycles. The molecule has 254 valence electrons. The average Bonchev–Trinajstić information content (AvgIpc) is 3.08. The van der Waals surface area contributed by atoms with E-state index in [9.17, 15) is 24.9 Å². The zero-order chi connectivity index (χ0) is 33.2. The molecule has 1 amide bonds. The van der Waals surface area contributed by atoms with Gasteiger partial charge in [0, 0.05) is 6.54 Å². The van der Waals surface area contributed by atoms with Gasteiger partial charge in [-0.1, -0.05) is 127 Å². The van der Waals surface area contributed by atoms with E-state index in [0.717, 1.165) is 19.3 Å². The lowest BCUT2D eigenvalue weighted by molar-refractivity contribution is -0.205. The smallest absolute Gasteiger partial charge is 0.311 e. The zero-order valence-electron chi connectivity index (χ0n) is 28.0. The van der Waals surface area contributed by atoms with Crippen LogP contribution in [0.5, 0.6) is 0 Å². The number of amides is 1. The molecule has 0 radical (unpaired) electrons. The number of aliphatic hydroxyl groups is 2. The highest BCUT2D eigenvalue weighted by Gasteiger charge is 2.71. The minimum Gasteiger partial charge on any atom is -0.481 e. The van der Waals surface area contributed by atoms with Gasteiger partial charge in [0.15, 0.2) is 0 Å². The zero-order valence-corrected chi connectivity index (χ0v) is 28.0. The molecule has 0 spiro atoms. The van der Waals surface area contributed by atoms with Crippen molar-refractivity contribution in [1.82, 2.24) is 5.32 Å². The highest BCUT2D eigenvalue weighted by Crippen LogP contribution is 2.65. The number of rotatable bonds is 21. The minimum absolute atomic E-state index is 0.0733. The first-order chi connectivity index (χ1) is 22.3. The summed E-state index contributed by atoms with van der Waals surface area (Å²) in [5, 5.41) is 35.3. The summed E-state index contributed by atoms with van der Waals surface area (Å²) >= 11 is 0. The molecule has 46 heavy (non-hydrogen) atoms. The fraction of sp³-hybridized carbons (Fsp3) is 0.632. The van der Waals surface area contributed by atoms with E-state index in [2.05, 4.69) is 12.2 Å². The van der Waals surface area contributed by atoms with Crippen LogP contribution in [0.2, 0.25) is 0 Å². The Morgan fingerprint density at radius 2 is 1.07 bits per heavy atom. The lowest BCUT2D eigenvalue weighted by Gasteiger charge is -2.60. The molecule has 3 aliphatic rings. The topological polar surface area (TPSA) is 125 Å². The van der Waals surface area contributed by atoms with Crippen LogP contribution in [-0.4, -0.2) is 59.2 Å². The van der Waals surface area contributed by atoms with Crippen molar-refractivity contribution in [3.8, 4) is 0 Å². The molecule has 2 aromatic carbocycles. The van der Waals surface area contributed by atoms with Crippen molar-refractivity contribution in [1.29, 1.82) is 0 Å². The van der Waals surface area contributed by atoms with Crippen molar-refractivity contribution in [2.75, 3.05) is 19.8 Å². The maximum Gasteiger partial charge on any atom is 0.311 e. The highest BCUT2D eigenvalue weighted by atomic mass is 16.5. The van der Waals surface area contributed by atoms with Crippen molar-refractivity contribution in [3.05, 3.63) is 70.8 Å². The lowest BCUT2D eigenvalue weighted by atomic mass is 9.49. The number of carbonyl (C=O) groups is 2. The lowest BCUT2D eigenvalue weighted by Crippen LogP contribution is -2.67. The molecule has 2 bridgehead atoms. The number of carbonyl (C=O) groups excluding carboxylic acids is 1. The molecule has 3 aliphatic carbocycles.